The number of halogens is 1. The molecular formula is C22H25BrN2O4. The number of benzene rings is 1. The van der Waals surface area contributed by atoms with Crippen molar-refractivity contribution in [2.45, 2.75) is 39.7 Å². The quantitative estimate of drug-likeness (QED) is 0.461. The number of carbonyl (C=O) groups is 3. The van der Waals surface area contributed by atoms with Crippen molar-refractivity contribution in [3.05, 3.63) is 56.8 Å². The molecule has 1 heterocycles. The monoisotopic (exact) mass is 460 g/mol. The Balaban J connectivity index is 1.89. The first kappa shape index (κ1) is 21.3. The smallest absolute Gasteiger partial charge is 0.355 e. The molecule has 1 amide bonds. The predicted molar refractivity (Wildman–Crippen MR) is 113 cm³/mol. The van der Waals surface area contributed by atoms with E-state index in [0.717, 1.165) is 17.3 Å². The summed E-state index contributed by atoms with van der Waals surface area (Å²) < 4.78 is 7.65. The second-order valence-corrected chi connectivity index (χ2v) is 8.23. The van der Waals surface area contributed by atoms with Gasteiger partial charge in [0, 0.05) is 34.4 Å². The molecule has 0 spiro atoms. The fraction of sp³-hybridized carbons (Fsp3) is 0.409. The maximum absolute atomic E-state index is 13.2. The summed E-state index contributed by atoms with van der Waals surface area (Å²) in [5.41, 5.74) is 2.71. The van der Waals surface area contributed by atoms with Crippen molar-refractivity contribution in [3.63, 3.8) is 0 Å². The highest BCUT2D eigenvalue weighted by Crippen LogP contribution is 2.30. The average Bonchev–Trinajstić information content (AvgIpc) is 3.47. The van der Waals surface area contributed by atoms with Gasteiger partial charge in [-0.25, -0.2) is 4.79 Å². The van der Waals surface area contributed by atoms with Crippen LogP contribution in [0.25, 0.3) is 0 Å². The van der Waals surface area contributed by atoms with Gasteiger partial charge in [-0.3, -0.25) is 9.59 Å². The number of Topliss-reactive ketones (excluding diaryl/α,β-unsaturated/α-hetero) is 1. The Labute approximate surface area is 179 Å². The van der Waals surface area contributed by atoms with E-state index in [9.17, 15) is 14.4 Å². The zero-order valence-corrected chi connectivity index (χ0v) is 18.7. The molecule has 7 heteroatoms. The predicted octanol–water partition coefficient (Wildman–Crippen LogP) is 4.07. The van der Waals surface area contributed by atoms with Crippen LogP contribution < -0.4 is 0 Å². The molecule has 154 valence electrons. The van der Waals surface area contributed by atoms with Crippen LogP contribution in [0, 0.1) is 13.8 Å². The van der Waals surface area contributed by atoms with Gasteiger partial charge >= 0.3 is 5.97 Å². The van der Waals surface area contributed by atoms with Crippen molar-refractivity contribution in [2.75, 3.05) is 13.2 Å². The maximum Gasteiger partial charge on any atom is 0.355 e. The molecule has 1 fully saturated rings. The molecule has 1 aliphatic carbocycles. The van der Waals surface area contributed by atoms with Gasteiger partial charge in [0.2, 0.25) is 0 Å². The lowest BCUT2D eigenvalue weighted by Crippen LogP contribution is -2.37. The minimum absolute atomic E-state index is 0.00995. The first-order valence-corrected chi connectivity index (χ1v) is 10.5. The van der Waals surface area contributed by atoms with Crippen LogP contribution in [0.3, 0.4) is 0 Å². The lowest BCUT2D eigenvalue weighted by molar-refractivity contribution is 0.0514. The minimum Gasteiger partial charge on any atom is -0.461 e. The number of hydrogen-bond donors (Lipinski definition) is 0. The number of rotatable bonds is 7. The third kappa shape index (κ3) is 4.29. The molecule has 0 unspecified atom stereocenters. The van der Waals surface area contributed by atoms with Gasteiger partial charge in [-0.05, 0) is 57.4 Å². The van der Waals surface area contributed by atoms with Gasteiger partial charge in [0.1, 0.15) is 5.69 Å². The number of carbonyl (C=O) groups excluding carboxylic acids is 3. The summed E-state index contributed by atoms with van der Waals surface area (Å²) in [7, 11) is 1.75. The molecule has 1 aliphatic rings. The van der Waals surface area contributed by atoms with E-state index in [1.807, 2.05) is 6.07 Å². The number of ether oxygens (including phenoxy) is 1. The van der Waals surface area contributed by atoms with Gasteiger partial charge < -0.3 is 14.2 Å². The Hall–Kier alpha value is -2.41. The number of ketones is 1. The molecule has 2 aromatic rings. The van der Waals surface area contributed by atoms with Crippen LogP contribution in [-0.2, 0) is 11.8 Å². The Morgan fingerprint density at radius 3 is 2.52 bits per heavy atom. The van der Waals surface area contributed by atoms with Crippen LogP contribution in [0.1, 0.15) is 62.2 Å². The molecule has 1 aromatic heterocycles. The summed E-state index contributed by atoms with van der Waals surface area (Å²) >= 11 is 3.39. The maximum atomic E-state index is 13.2. The molecule has 0 aliphatic heterocycles. The van der Waals surface area contributed by atoms with Gasteiger partial charge in [-0.1, -0.05) is 22.0 Å². The van der Waals surface area contributed by atoms with Gasteiger partial charge in [0.15, 0.2) is 5.78 Å². The molecule has 0 saturated heterocycles. The van der Waals surface area contributed by atoms with Gasteiger partial charge in [0.25, 0.3) is 5.91 Å². The third-order valence-corrected chi connectivity index (χ3v) is 5.81. The van der Waals surface area contributed by atoms with Crippen molar-refractivity contribution < 1.29 is 19.1 Å². The Morgan fingerprint density at radius 2 is 1.93 bits per heavy atom. The standard InChI is InChI=1S/C22H25BrN2O4/c1-5-29-22(28)20-13(2)19(14(3)24(20)4)18(26)12-25(17-9-10-17)21(27)15-7-6-8-16(23)11-15/h6-8,11,17H,5,9-10,12H2,1-4H3. The zero-order chi connectivity index (χ0) is 21.3. The van der Waals surface area contributed by atoms with E-state index in [0.29, 0.717) is 28.1 Å². The molecule has 3 rings (SSSR count). The van der Waals surface area contributed by atoms with Gasteiger partial charge in [-0.15, -0.1) is 0 Å². The van der Waals surface area contributed by atoms with E-state index < -0.39 is 5.97 Å². The molecule has 0 radical (unpaired) electrons. The highest BCUT2D eigenvalue weighted by Gasteiger charge is 2.36. The van der Waals surface area contributed by atoms with Crippen LogP contribution in [0.4, 0.5) is 0 Å². The Kier molecular flexibility index (Phi) is 6.27. The second-order valence-electron chi connectivity index (χ2n) is 7.31. The summed E-state index contributed by atoms with van der Waals surface area (Å²) in [6.45, 7) is 5.56. The van der Waals surface area contributed by atoms with Crippen molar-refractivity contribution in [1.82, 2.24) is 9.47 Å². The highest BCUT2D eigenvalue weighted by molar-refractivity contribution is 9.10. The van der Waals surface area contributed by atoms with E-state index in [1.165, 1.54) is 0 Å². The van der Waals surface area contributed by atoms with Crippen molar-refractivity contribution >= 4 is 33.6 Å². The van der Waals surface area contributed by atoms with Gasteiger partial charge in [-0.2, -0.15) is 0 Å². The van der Waals surface area contributed by atoms with Crippen molar-refractivity contribution in [3.8, 4) is 0 Å². The van der Waals surface area contributed by atoms with Crippen molar-refractivity contribution in [2.24, 2.45) is 7.05 Å². The molecule has 0 atom stereocenters. The lowest BCUT2D eigenvalue weighted by atomic mass is 10.0. The van der Waals surface area contributed by atoms with Crippen LogP contribution in [0.5, 0.6) is 0 Å². The van der Waals surface area contributed by atoms with E-state index >= 15 is 0 Å². The van der Waals surface area contributed by atoms with E-state index in [1.54, 1.807) is 55.5 Å². The van der Waals surface area contributed by atoms with E-state index in [2.05, 4.69) is 15.9 Å². The molecule has 6 nitrogen and oxygen atoms in total. The average molecular weight is 461 g/mol. The fourth-order valence-corrected chi connectivity index (χ4v) is 4.05. The number of hydrogen-bond acceptors (Lipinski definition) is 4. The van der Waals surface area contributed by atoms with Crippen LogP contribution in [-0.4, -0.2) is 46.3 Å². The number of aromatic nitrogens is 1. The second kappa shape index (κ2) is 8.53. The number of nitrogens with zero attached hydrogens (tertiary/aromatic N) is 2. The van der Waals surface area contributed by atoms with Crippen LogP contribution in [0.2, 0.25) is 0 Å². The summed E-state index contributed by atoms with van der Waals surface area (Å²) in [5, 5.41) is 0. The molecule has 0 bridgehead atoms. The number of amides is 1. The van der Waals surface area contributed by atoms with Crippen LogP contribution in [0.15, 0.2) is 28.7 Å². The zero-order valence-electron chi connectivity index (χ0n) is 17.1. The fourth-order valence-electron chi connectivity index (χ4n) is 3.65. The summed E-state index contributed by atoms with van der Waals surface area (Å²) in [6, 6.07) is 7.27. The first-order chi connectivity index (χ1) is 13.8. The normalized spacial score (nSPS) is 13.3. The Bertz CT molecular complexity index is 975. The van der Waals surface area contributed by atoms with E-state index in [-0.39, 0.29) is 30.9 Å². The molecule has 0 N–H and O–H groups in total. The summed E-state index contributed by atoms with van der Waals surface area (Å²) in [6.07, 6.45) is 1.79. The topological polar surface area (TPSA) is 68.6 Å². The minimum atomic E-state index is -0.445. The molecule has 1 saturated carbocycles. The summed E-state index contributed by atoms with van der Waals surface area (Å²) in [5.74, 6) is -0.765. The lowest BCUT2D eigenvalue weighted by Gasteiger charge is -2.22. The highest BCUT2D eigenvalue weighted by atomic mass is 79.9. The molecule has 29 heavy (non-hydrogen) atoms. The van der Waals surface area contributed by atoms with Crippen molar-refractivity contribution in [1.29, 1.82) is 0 Å². The first-order valence-electron chi connectivity index (χ1n) is 9.69. The Morgan fingerprint density at radius 1 is 1.24 bits per heavy atom. The van der Waals surface area contributed by atoms with Gasteiger partial charge in [0.05, 0.1) is 13.2 Å². The molecule has 1 aromatic carbocycles. The van der Waals surface area contributed by atoms with E-state index in [4.69, 9.17) is 4.74 Å². The largest absolute Gasteiger partial charge is 0.461 e. The molecular weight excluding hydrogens is 436 g/mol. The summed E-state index contributed by atoms with van der Waals surface area (Å²) in [4.78, 5) is 40.2. The number of esters is 1. The SMILES string of the molecule is CCOC(=O)c1c(C)c(C(=O)CN(C(=O)c2cccc(Br)c2)C2CC2)c(C)n1C. The van der Waals surface area contributed by atoms with Crippen LogP contribution >= 0.6 is 15.9 Å². The third-order valence-electron chi connectivity index (χ3n) is 5.31.